The van der Waals surface area contributed by atoms with Crippen molar-refractivity contribution >= 4 is 17.2 Å². The van der Waals surface area contributed by atoms with Crippen LogP contribution in [0.2, 0.25) is 0 Å². The van der Waals surface area contributed by atoms with Gasteiger partial charge in [-0.15, -0.1) is 0 Å². The maximum absolute atomic E-state index is 13.6. The molecule has 1 saturated heterocycles. The zero-order valence-corrected chi connectivity index (χ0v) is 12.9. The summed E-state index contributed by atoms with van der Waals surface area (Å²) in [5, 5.41) is 0. The monoisotopic (exact) mass is 295 g/mol. The Labute approximate surface area is 125 Å². The summed E-state index contributed by atoms with van der Waals surface area (Å²) in [4.78, 5) is 4.87. The van der Waals surface area contributed by atoms with E-state index >= 15 is 0 Å². The van der Waals surface area contributed by atoms with Gasteiger partial charge in [0.25, 0.3) is 0 Å². The summed E-state index contributed by atoms with van der Waals surface area (Å²) in [6, 6.07) is 5.35. The molecular formula is C15H22FN3S. The smallest absolute Gasteiger partial charge is 0.124 e. The minimum absolute atomic E-state index is 0.241. The molecule has 0 amide bonds. The second-order valence-corrected chi connectivity index (χ2v) is 6.13. The number of hydrogen-bond donors (Lipinski definition) is 1. The lowest BCUT2D eigenvalue weighted by Gasteiger charge is -2.36. The Hall–Kier alpha value is -1.04. The van der Waals surface area contributed by atoms with Crippen molar-refractivity contribution in [3.05, 3.63) is 35.1 Å². The number of piperidine rings is 1. The van der Waals surface area contributed by atoms with E-state index in [0.29, 0.717) is 18.2 Å². The van der Waals surface area contributed by atoms with Gasteiger partial charge < -0.3 is 10.6 Å². The quantitative estimate of drug-likeness (QED) is 0.861. The predicted molar refractivity (Wildman–Crippen MR) is 84.3 cm³/mol. The number of likely N-dealkylation sites (tertiary alicyclic amines) is 1. The topological polar surface area (TPSA) is 32.5 Å². The number of hydrogen-bond acceptors (Lipinski definition) is 3. The molecule has 1 atom stereocenters. The second kappa shape index (κ2) is 6.61. The third-order valence-corrected chi connectivity index (χ3v) is 4.13. The molecule has 1 unspecified atom stereocenters. The van der Waals surface area contributed by atoms with Crippen molar-refractivity contribution in [1.29, 1.82) is 0 Å². The Kier molecular flexibility index (Phi) is 5.07. The molecule has 1 aliphatic rings. The summed E-state index contributed by atoms with van der Waals surface area (Å²) in [5.74, 6) is -0.278. The lowest BCUT2D eigenvalue weighted by molar-refractivity contribution is 0.129. The van der Waals surface area contributed by atoms with Gasteiger partial charge in [-0.3, -0.25) is 4.90 Å². The number of rotatable bonds is 4. The minimum Gasteiger partial charge on any atom is -0.389 e. The van der Waals surface area contributed by atoms with Crippen molar-refractivity contribution < 1.29 is 4.39 Å². The summed E-state index contributed by atoms with van der Waals surface area (Å²) in [5.41, 5.74) is 7.11. The Morgan fingerprint density at radius 2 is 2.25 bits per heavy atom. The van der Waals surface area contributed by atoms with Crippen LogP contribution in [0, 0.1) is 5.82 Å². The lowest BCUT2D eigenvalue weighted by Crippen LogP contribution is -2.44. The zero-order chi connectivity index (χ0) is 14.7. The summed E-state index contributed by atoms with van der Waals surface area (Å²) >= 11 is 4.93. The average molecular weight is 295 g/mol. The highest BCUT2D eigenvalue weighted by molar-refractivity contribution is 7.80. The molecule has 0 radical (unpaired) electrons. The molecule has 1 aromatic rings. The molecule has 0 aliphatic carbocycles. The molecule has 20 heavy (non-hydrogen) atoms. The second-order valence-electron chi connectivity index (χ2n) is 5.69. The first-order chi connectivity index (χ1) is 9.45. The molecule has 0 aromatic heterocycles. The number of likely N-dealkylation sites (N-methyl/N-ethyl adjacent to an activating group) is 2. The highest BCUT2D eigenvalue weighted by Crippen LogP contribution is 2.17. The third kappa shape index (κ3) is 3.98. The molecule has 1 aliphatic heterocycles. The summed E-state index contributed by atoms with van der Waals surface area (Å²) in [6.07, 6.45) is 2.41. The van der Waals surface area contributed by atoms with E-state index in [1.54, 1.807) is 6.07 Å². The van der Waals surface area contributed by atoms with Crippen LogP contribution in [0.5, 0.6) is 0 Å². The van der Waals surface area contributed by atoms with Crippen LogP contribution in [0.1, 0.15) is 24.0 Å². The fourth-order valence-corrected chi connectivity index (χ4v) is 2.92. The number of nitrogens with two attached hydrogens (primary N) is 1. The van der Waals surface area contributed by atoms with E-state index in [1.165, 1.54) is 18.9 Å². The van der Waals surface area contributed by atoms with Gasteiger partial charge >= 0.3 is 0 Å². The Morgan fingerprint density at radius 3 is 2.90 bits per heavy atom. The van der Waals surface area contributed by atoms with Crippen LogP contribution in [-0.4, -0.2) is 48.0 Å². The van der Waals surface area contributed by atoms with Crippen molar-refractivity contribution in [2.24, 2.45) is 5.73 Å². The van der Waals surface area contributed by atoms with E-state index in [1.807, 2.05) is 6.07 Å². The van der Waals surface area contributed by atoms with Crippen LogP contribution in [0.15, 0.2) is 18.2 Å². The van der Waals surface area contributed by atoms with Gasteiger partial charge in [-0.1, -0.05) is 12.2 Å². The molecule has 0 spiro atoms. The highest BCUT2D eigenvalue weighted by atomic mass is 32.1. The number of halogens is 1. The van der Waals surface area contributed by atoms with Gasteiger partial charge in [-0.25, -0.2) is 4.39 Å². The summed E-state index contributed by atoms with van der Waals surface area (Å²) < 4.78 is 13.6. The van der Waals surface area contributed by atoms with Gasteiger partial charge in [0, 0.05) is 24.7 Å². The zero-order valence-electron chi connectivity index (χ0n) is 12.1. The van der Waals surface area contributed by atoms with Gasteiger partial charge in [-0.2, -0.15) is 0 Å². The van der Waals surface area contributed by atoms with Crippen molar-refractivity contribution in [2.75, 3.05) is 27.2 Å². The van der Waals surface area contributed by atoms with E-state index in [2.05, 4.69) is 23.9 Å². The first-order valence-corrected chi connectivity index (χ1v) is 7.34. The van der Waals surface area contributed by atoms with Crippen LogP contribution in [0.4, 0.5) is 4.39 Å². The van der Waals surface area contributed by atoms with Gasteiger partial charge in [0.15, 0.2) is 0 Å². The molecule has 2 N–H and O–H groups in total. The molecule has 5 heteroatoms. The van der Waals surface area contributed by atoms with Gasteiger partial charge in [0.2, 0.25) is 0 Å². The molecule has 0 saturated carbocycles. The van der Waals surface area contributed by atoms with E-state index in [-0.39, 0.29) is 10.8 Å². The van der Waals surface area contributed by atoms with Crippen LogP contribution < -0.4 is 5.73 Å². The standard InChI is InChI=1S/C15H22FN3S/c1-18-5-3-4-14(10-18)19(2)9-11-6-12(15(17)20)8-13(16)7-11/h6-8,14H,3-5,9-10H2,1-2H3,(H2,17,20). The van der Waals surface area contributed by atoms with Gasteiger partial charge in [-0.05, 0) is 57.2 Å². The Bertz CT molecular complexity index is 492. The first kappa shape index (κ1) is 15.4. The molecule has 2 rings (SSSR count). The number of benzene rings is 1. The van der Waals surface area contributed by atoms with Crippen LogP contribution >= 0.6 is 12.2 Å². The molecule has 1 fully saturated rings. The van der Waals surface area contributed by atoms with Gasteiger partial charge in [0.1, 0.15) is 10.8 Å². The van der Waals surface area contributed by atoms with Crippen molar-refractivity contribution in [1.82, 2.24) is 9.80 Å². The van der Waals surface area contributed by atoms with E-state index < -0.39 is 0 Å². The van der Waals surface area contributed by atoms with Crippen LogP contribution in [0.25, 0.3) is 0 Å². The maximum Gasteiger partial charge on any atom is 0.124 e. The third-order valence-electron chi connectivity index (χ3n) is 3.90. The Balaban J connectivity index is 2.07. The van der Waals surface area contributed by atoms with Crippen molar-refractivity contribution in [2.45, 2.75) is 25.4 Å². The normalized spacial score (nSPS) is 20.3. The van der Waals surface area contributed by atoms with Crippen molar-refractivity contribution in [3.8, 4) is 0 Å². The van der Waals surface area contributed by atoms with Crippen LogP contribution in [-0.2, 0) is 6.54 Å². The number of nitrogens with zero attached hydrogens (tertiary/aromatic N) is 2. The summed E-state index contributed by atoms with van der Waals surface area (Å²) in [6.45, 7) is 2.94. The van der Waals surface area contributed by atoms with E-state index in [9.17, 15) is 4.39 Å². The van der Waals surface area contributed by atoms with E-state index in [4.69, 9.17) is 18.0 Å². The largest absolute Gasteiger partial charge is 0.389 e. The predicted octanol–water partition coefficient (Wildman–Crippen LogP) is 1.99. The van der Waals surface area contributed by atoms with E-state index in [0.717, 1.165) is 18.7 Å². The molecule has 1 aromatic carbocycles. The summed E-state index contributed by atoms with van der Waals surface area (Å²) in [7, 11) is 4.24. The fraction of sp³-hybridized carbons (Fsp3) is 0.533. The fourth-order valence-electron chi connectivity index (χ4n) is 2.80. The molecule has 3 nitrogen and oxygen atoms in total. The Morgan fingerprint density at radius 1 is 1.50 bits per heavy atom. The van der Waals surface area contributed by atoms with Crippen molar-refractivity contribution in [3.63, 3.8) is 0 Å². The molecule has 110 valence electrons. The highest BCUT2D eigenvalue weighted by Gasteiger charge is 2.21. The molecule has 0 bridgehead atoms. The molecule has 1 heterocycles. The number of thiocarbonyl (C=S) groups is 1. The minimum atomic E-state index is -0.278. The van der Waals surface area contributed by atoms with Crippen LogP contribution in [0.3, 0.4) is 0 Å². The average Bonchev–Trinajstić information content (AvgIpc) is 2.37. The SMILES string of the molecule is CN1CCCC(N(C)Cc2cc(F)cc(C(N)=S)c2)C1. The maximum atomic E-state index is 13.6. The molecular weight excluding hydrogens is 273 g/mol. The first-order valence-electron chi connectivity index (χ1n) is 6.94. The van der Waals surface area contributed by atoms with Gasteiger partial charge in [0.05, 0.1) is 0 Å². The lowest BCUT2D eigenvalue weighted by atomic mass is 10.0.